The Morgan fingerprint density at radius 1 is 1.11 bits per heavy atom. The Balaban J connectivity index is 2.06. The van der Waals surface area contributed by atoms with Crippen LogP contribution < -0.4 is 14.8 Å². The van der Waals surface area contributed by atoms with Gasteiger partial charge in [-0.3, -0.25) is 0 Å². The van der Waals surface area contributed by atoms with Crippen molar-refractivity contribution in [1.82, 2.24) is 19.8 Å². The van der Waals surface area contributed by atoms with Crippen molar-refractivity contribution >= 4 is 17.2 Å². The third-order valence-corrected chi connectivity index (χ3v) is 4.07. The molecule has 3 aromatic rings. The zero-order valence-corrected chi connectivity index (χ0v) is 15.2. The van der Waals surface area contributed by atoms with Crippen molar-refractivity contribution < 1.29 is 22.6 Å². The van der Waals surface area contributed by atoms with Gasteiger partial charge in [0.15, 0.2) is 23.0 Å². The minimum atomic E-state index is -4.66. The van der Waals surface area contributed by atoms with E-state index >= 15 is 0 Å². The zero-order valence-electron chi connectivity index (χ0n) is 15.2. The normalized spacial score (nSPS) is 11.7. The summed E-state index contributed by atoms with van der Waals surface area (Å²) in [5.41, 5.74) is 1.87. The van der Waals surface area contributed by atoms with Crippen LogP contribution in [0.4, 0.5) is 24.7 Å². The molecule has 0 spiro atoms. The molecule has 0 unspecified atom stereocenters. The number of aromatic nitrogens is 4. The van der Waals surface area contributed by atoms with E-state index in [1.807, 2.05) is 6.92 Å². The number of ether oxygens (including phenoxy) is 2. The number of methoxy groups -OCH3 is 1. The number of benzene rings is 1. The lowest BCUT2D eigenvalue weighted by atomic mass is 10.2. The maximum atomic E-state index is 13.1. The summed E-state index contributed by atoms with van der Waals surface area (Å²) in [5, 5.41) is 13.9. The molecular weight excluding hydrogens is 363 g/mol. The first-order chi connectivity index (χ1) is 12.8. The van der Waals surface area contributed by atoms with Gasteiger partial charge in [0.25, 0.3) is 5.82 Å². The number of aryl methyl sites for hydroxylation is 1. The van der Waals surface area contributed by atoms with Crippen LogP contribution in [0.1, 0.15) is 23.9 Å². The molecule has 0 saturated carbocycles. The lowest BCUT2D eigenvalue weighted by Crippen LogP contribution is -2.14. The fourth-order valence-corrected chi connectivity index (χ4v) is 2.58. The summed E-state index contributed by atoms with van der Waals surface area (Å²) in [6.07, 6.45) is -4.66. The number of hydrogen-bond donors (Lipinski definition) is 1. The van der Waals surface area contributed by atoms with Gasteiger partial charge < -0.3 is 14.8 Å². The molecule has 0 radical (unpaired) electrons. The van der Waals surface area contributed by atoms with Crippen LogP contribution in [0.5, 0.6) is 11.5 Å². The van der Waals surface area contributed by atoms with Crippen molar-refractivity contribution in [3.8, 4) is 11.5 Å². The molecule has 1 aromatic carbocycles. The largest absolute Gasteiger partial charge is 0.493 e. The van der Waals surface area contributed by atoms with Crippen LogP contribution in [0.3, 0.4) is 0 Å². The molecule has 0 saturated heterocycles. The van der Waals surface area contributed by atoms with E-state index in [1.54, 1.807) is 32.0 Å². The molecule has 0 aliphatic heterocycles. The van der Waals surface area contributed by atoms with Gasteiger partial charge in [0.2, 0.25) is 0 Å². The number of fused-ring (bicyclic) bond motifs is 1. The molecule has 27 heavy (non-hydrogen) atoms. The van der Waals surface area contributed by atoms with Crippen LogP contribution in [0.2, 0.25) is 0 Å². The van der Waals surface area contributed by atoms with Gasteiger partial charge >= 0.3 is 6.18 Å². The number of hydrogen-bond acceptors (Lipinski definition) is 6. The van der Waals surface area contributed by atoms with Gasteiger partial charge in [-0.1, -0.05) is 0 Å². The van der Waals surface area contributed by atoms with Crippen LogP contribution >= 0.6 is 0 Å². The van der Waals surface area contributed by atoms with E-state index in [0.717, 1.165) is 0 Å². The van der Waals surface area contributed by atoms with Crippen molar-refractivity contribution in [2.45, 2.75) is 26.9 Å². The molecule has 0 bridgehead atoms. The minimum Gasteiger partial charge on any atom is -0.493 e. The predicted octanol–water partition coefficient (Wildman–Crippen LogP) is 3.91. The van der Waals surface area contributed by atoms with Crippen LogP contribution in [-0.4, -0.2) is 33.5 Å². The Labute approximate surface area is 153 Å². The first-order valence-electron chi connectivity index (χ1n) is 8.14. The van der Waals surface area contributed by atoms with Crippen LogP contribution in [-0.2, 0) is 6.18 Å². The van der Waals surface area contributed by atoms with Crippen molar-refractivity contribution in [3.05, 3.63) is 35.2 Å². The highest BCUT2D eigenvalue weighted by molar-refractivity contribution is 5.66. The highest BCUT2D eigenvalue weighted by atomic mass is 19.4. The Morgan fingerprint density at radius 2 is 1.85 bits per heavy atom. The van der Waals surface area contributed by atoms with E-state index in [-0.39, 0.29) is 11.5 Å². The average molecular weight is 381 g/mol. The SMILES string of the molecule is CCOc1ccc(Nc2nn3c(C(F)(F)F)nnc3c(C)c2C)cc1OC. The van der Waals surface area contributed by atoms with Crippen molar-refractivity contribution in [3.63, 3.8) is 0 Å². The topological polar surface area (TPSA) is 73.6 Å². The molecule has 1 N–H and O–H groups in total. The number of halogens is 3. The molecule has 0 fully saturated rings. The first kappa shape index (κ1) is 18.7. The smallest absolute Gasteiger partial charge is 0.453 e. The van der Waals surface area contributed by atoms with Gasteiger partial charge in [-0.2, -0.15) is 17.7 Å². The van der Waals surface area contributed by atoms with E-state index in [1.165, 1.54) is 7.11 Å². The summed E-state index contributed by atoms with van der Waals surface area (Å²) < 4.78 is 50.9. The Hall–Kier alpha value is -3.04. The van der Waals surface area contributed by atoms with E-state index in [9.17, 15) is 13.2 Å². The Bertz CT molecular complexity index is 985. The summed E-state index contributed by atoms with van der Waals surface area (Å²) in [4.78, 5) is 0. The van der Waals surface area contributed by atoms with Gasteiger partial charge in [0.1, 0.15) is 0 Å². The fourth-order valence-electron chi connectivity index (χ4n) is 2.58. The summed E-state index contributed by atoms with van der Waals surface area (Å²) >= 11 is 0. The summed E-state index contributed by atoms with van der Waals surface area (Å²) in [5.74, 6) is 0.155. The lowest BCUT2D eigenvalue weighted by molar-refractivity contribution is -0.146. The third kappa shape index (κ3) is 3.46. The molecule has 10 heteroatoms. The fraction of sp³-hybridized carbons (Fsp3) is 0.353. The van der Waals surface area contributed by atoms with E-state index < -0.39 is 12.0 Å². The number of rotatable bonds is 5. The molecule has 0 aliphatic carbocycles. The molecule has 7 nitrogen and oxygen atoms in total. The molecule has 2 aromatic heterocycles. The molecule has 3 rings (SSSR count). The highest BCUT2D eigenvalue weighted by Gasteiger charge is 2.38. The Kier molecular flexibility index (Phi) is 4.81. The lowest BCUT2D eigenvalue weighted by Gasteiger charge is -2.14. The maximum Gasteiger partial charge on any atom is 0.453 e. The second kappa shape index (κ2) is 6.93. The van der Waals surface area contributed by atoms with Gasteiger partial charge in [-0.15, -0.1) is 15.3 Å². The molecule has 0 aliphatic rings. The van der Waals surface area contributed by atoms with Crippen molar-refractivity contribution in [2.75, 3.05) is 19.0 Å². The van der Waals surface area contributed by atoms with Gasteiger partial charge in [-0.05, 0) is 32.9 Å². The van der Waals surface area contributed by atoms with E-state index in [0.29, 0.717) is 39.4 Å². The number of alkyl halides is 3. The van der Waals surface area contributed by atoms with Gasteiger partial charge in [-0.25, -0.2) is 0 Å². The first-order valence-corrected chi connectivity index (χ1v) is 8.14. The highest BCUT2D eigenvalue weighted by Crippen LogP contribution is 2.33. The van der Waals surface area contributed by atoms with Crippen LogP contribution in [0.25, 0.3) is 5.65 Å². The number of nitrogens with one attached hydrogen (secondary N) is 1. The number of nitrogens with zero attached hydrogens (tertiary/aromatic N) is 4. The summed E-state index contributed by atoms with van der Waals surface area (Å²) in [6.45, 7) is 5.76. The van der Waals surface area contributed by atoms with Crippen LogP contribution in [0.15, 0.2) is 18.2 Å². The zero-order chi connectivity index (χ0) is 19.8. The third-order valence-electron chi connectivity index (χ3n) is 4.07. The quantitative estimate of drug-likeness (QED) is 0.722. The van der Waals surface area contributed by atoms with Crippen LogP contribution in [0, 0.1) is 13.8 Å². The Morgan fingerprint density at radius 3 is 2.48 bits per heavy atom. The van der Waals surface area contributed by atoms with Gasteiger partial charge in [0, 0.05) is 22.9 Å². The van der Waals surface area contributed by atoms with Crippen molar-refractivity contribution in [1.29, 1.82) is 0 Å². The van der Waals surface area contributed by atoms with E-state index in [4.69, 9.17) is 9.47 Å². The average Bonchev–Trinajstić information content (AvgIpc) is 3.05. The monoisotopic (exact) mass is 381 g/mol. The van der Waals surface area contributed by atoms with Crippen molar-refractivity contribution in [2.24, 2.45) is 0 Å². The summed E-state index contributed by atoms with van der Waals surface area (Å²) in [7, 11) is 1.51. The second-order valence-corrected chi connectivity index (χ2v) is 5.78. The molecule has 144 valence electrons. The second-order valence-electron chi connectivity index (χ2n) is 5.78. The number of anilines is 2. The minimum absolute atomic E-state index is 0.0645. The summed E-state index contributed by atoms with van der Waals surface area (Å²) in [6, 6.07) is 5.12. The van der Waals surface area contributed by atoms with Gasteiger partial charge in [0.05, 0.1) is 13.7 Å². The molecule has 0 atom stereocenters. The van der Waals surface area contributed by atoms with E-state index in [2.05, 4.69) is 20.6 Å². The maximum absolute atomic E-state index is 13.1. The molecular formula is C17H18F3N5O2. The standard InChI is InChI=1S/C17H18F3N5O2/c1-5-27-12-7-6-11(8-13(12)26-4)21-14-9(2)10(3)15-22-23-16(17(18,19)20)25(15)24-14/h6-8H,5H2,1-4H3,(H,21,24). The molecule has 2 heterocycles. The molecule has 0 amide bonds. The predicted molar refractivity (Wildman–Crippen MR) is 92.7 cm³/mol.